The van der Waals surface area contributed by atoms with Gasteiger partial charge in [0.05, 0.1) is 0 Å². The number of nitrogens with two attached hydrogens (primary N) is 1. The molecule has 2 rings (SSSR count). The highest BCUT2D eigenvalue weighted by Crippen LogP contribution is 2.27. The minimum Gasteiger partial charge on any atom is -0.396 e. The molecule has 2 nitrogen and oxygen atoms in total. The summed E-state index contributed by atoms with van der Waals surface area (Å²) >= 11 is 0. The topological polar surface area (TPSA) is 46.2 Å². The van der Waals surface area contributed by atoms with Gasteiger partial charge in [0.2, 0.25) is 0 Å². The van der Waals surface area contributed by atoms with Crippen molar-refractivity contribution >= 4 is 23.2 Å². The van der Waals surface area contributed by atoms with Crippen LogP contribution in [0.25, 0.3) is 10.8 Å². The van der Waals surface area contributed by atoms with E-state index in [0.717, 1.165) is 12.8 Å². The van der Waals surface area contributed by atoms with Gasteiger partial charge in [-0.15, -0.1) is 12.4 Å². The third-order valence-corrected chi connectivity index (χ3v) is 3.25. The number of fused-ring (bicyclic) bond motifs is 1. The highest BCUT2D eigenvalue weighted by atomic mass is 35.5. The predicted octanol–water partition coefficient (Wildman–Crippen LogP) is 3.34. The summed E-state index contributed by atoms with van der Waals surface area (Å²) in [5.41, 5.74) is 8.64. The summed E-state index contributed by atoms with van der Waals surface area (Å²) in [5, 5.41) is 11.4. The predicted molar refractivity (Wildman–Crippen MR) is 79.2 cm³/mol. The average Bonchev–Trinajstić information content (AvgIpc) is 2.37. The van der Waals surface area contributed by atoms with E-state index in [1.165, 1.54) is 21.9 Å². The van der Waals surface area contributed by atoms with Gasteiger partial charge in [0.15, 0.2) is 0 Å². The van der Waals surface area contributed by atoms with Crippen LogP contribution in [0.5, 0.6) is 0 Å². The van der Waals surface area contributed by atoms with E-state index < -0.39 is 0 Å². The monoisotopic (exact) mass is 265 g/mol. The van der Waals surface area contributed by atoms with Crippen LogP contribution < -0.4 is 5.73 Å². The van der Waals surface area contributed by atoms with E-state index in [1.807, 2.05) is 6.07 Å². The van der Waals surface area contributed by atoms with Crippen molar-refractivity contribution in [3.05, 3.63) is 47.5 Å². The number of aliphatic hydroxyl groups excluding tert-OH is 1. The van der Waals surface area contributed by atoms with E-state index in [-0.39, 0.29) is 25.1 Å². The van der Waals surface area contributed by atoms with E-state index in [0.29, 0.717) is 0 Å². The van der Waals surface area contributed by atoms with Crippen LogP contribution in [0.1, 0.15) is 30.0 Å². The van der Waals surface area contributed by atoms with Gasteiger partial charge >= 0.3 is 0 Å². The molecule has 0 aliphatic heterocycles. The van der Waals surface area contributed by atoms with E-state index in [2.05, 4.69) is 37.3 Å². The van der Waals surface area contributed by atoms with Crippen LogP contribution >= 0.6 is 12.4 Å². The molecule has 3 heteroatoms. The van der Waals surface area contributed by atoms with Crippen LogP contribution in [-0.4, -0.2) is 11.7 Å². The molecule has 98 valence electrons. The van der Waals surface area contributed by atoms with Gasteiger partial charge in [0.1, 0.15) is 0 Å². The molecule has 0 fully saturated rings. The Hall–Kier alpha value is -1.09. The molecule has 0 aliphatic rings. The molecule has 1 atom stereocenters. The number of aryl methyl sites for hydroxylation is 1. The van der Waals surface area contributed by atoms with Crippen LogP contribution in [0, 0.1) is 6.92 Å². The zero-order chi connectivity index (χ0) is 12.3. The summed E-state index contributed by atoms with van der Waals surface area (Å²) in [5.74, 6) is 0. The zero-order valence-electron chi connectivity index (χ0n) is 10.6. The Bertz CT molecular complexity index is 513. The number of halogens is 1. The fraction of sp³-hybridized carbons (Fsp3) is 0.333. The maximum Gasteiger partial charge on any atom is 0.0431 e. The van der Waals surface area contributed by atoms with Crippen molar-refractivity contribution in [2.45, 2.75) is 25.8 Å². The number of rotatable bonds is 4. The average molecular weight is 266 g/mol. The summed E-state index contributed by atoms with van der Waals surface area (Å²) in [6, 6.07) is 12.6. The first kappa shape index (κ1) is 15.0. The van der Waals surface area contributed by atoms with Gasteiger partial charge in [-0.1, -0.05) is 36.4 Å². The molecule has 0 spiro atoms. The maximum atomic E-state index is 8.86. The standard InChI is InChI=1S/C15H19NO.ClH/c1-11-8-9-14(15(16)7-4-10-17)13-6-3-2-5-12(11)13;/h2-3,5-6,8-9,15,17H,4,7,10,16H2,1H3;1H/t15-;/m1./s1. The third-order valence-electron chi connectivity index (χ3n) is 3.25. The Kier molecular flexibility index (Phi) is 5.60. The summed E-state index contributed by atoms with van der Waals surface area (Å²) < 4.78 is 0. The highest BCUT2D eigenvalue weighted by molar-refractivity contribution is 5.88. The molecular weight excluding hydrogens is 246 g/mol. The largest absolute Gasteiger partial charge is 0.396 e. The fourth-order valence-electron chi connectivity index (χ4n) is 2.26. The maximum absolute atomic E-state index is 8.86. The molecule has 0 saturated carbocycles. The third kappa shape index (κ3) is 3.02. The van der Waals surface area contributed by atoms with Gasteiger partial charge in [0, 0.05) is 12.6 Å². The van der Waals surface area contributed by atoms with Gasteiger partial charge in [0.25, 0.3) is 0 Å². The molecule has 0 unspecified atom stereocenters. The molecule has 18 heavy (non-hydrogen) atoms. The lowest BCUT2D eigenvalue weighted by molar-refractivity contribution is 0.280. The van der Waals surface area contributed by atoms with Crippen LogP contribution in [0.4, 0.5) is 0 Å². The number of benzene rings is 2. The molecule has 0 saturated heterocycles. The quantitative estimate of drug-likeness (QED) is 0.891. The van der Waals surface area contributed by atoms with Crippen molar-refractivity contribution in [1.82, 2.24) is 0 Å². The van der Waals surface area contributed by atoms with Crippen molar-refractivity contribution in [1.29, 1.82) is 0 Å². The minimum absolute atomic E-state index is 0. The lowest BCUT2D eigenvalue weighted by atomic mass is 9.94. The van der Waals surface area contributed by atoms with E-state index >= 15 is 0 Å². The number of hydrogen-bond donors (Lipinski definition) is 2. The zero-order valence-corrected chi connectivity index (χ0v) is 11.4. The summed E-state index contributed by atoms with van der Waals surface area (Å²) in [6.07, 6.45) is 1.58. The Morgan fingerprint density at radius 1 is 1.11 bits per heavy atom. The molecule has 3 N–H and O–H groups in total. The van der Waals surface area contributed by atoms with E-state index in [1.54, 1.807) is 0 Å². The highest BCUT2D eigenvalue weighted by Gasteiger charge is 2.10. The molecule has 0 aliphatic carbocycles. The molecule has 0 radical (unpaired) electrons. The molecule has 0 heterocycles. The molecule has 0 amide bonds. The van der Waals surface area contributed by atoms with Crippen LogP contribution in [0.3, 0.4) is 0 Å². The first-order valence-corrected chi connectivity index (χ1v) is 6.08. The van der Waals surface area contributed by atoms with Crippen molar-refractivity contribution in [2.24, 2.45) is 5.73 Å². The SMILES string of the molecule is Cc1ccc([C@H](N)CCCO)c2ccccc12.Cl. The van der Waals surface area contributed by atoms with Crippen molar-refractivity contribution in [2.75, 3.05) is 6.61 Å². The lowest BCUT2D eigenvalue weighted by Gasteiger charge is -2.15. The van der Waals surface area contributed by atoms with Crippen molar-refractivity contribution < 1.29 is 5.11 Å². The second kappa shape index (κ2) is 6.74. The molecule has 2 aromatic carbocycles. The summed E-state index contributed by atoms with van der Waals surface area (Å²) in [4.78, 5) is 0. The Morgan fingerprint density at radius 3 is 2.44 bits per heavy atom. The van der Waals surface area contributed by atoms with Gasteiger partial charge < -0.3 is 10.8 Å². The van der Waals surface area contributed by atoms with Gasteiger partial charge in [-0.2, -0.15) is 0 Å². The van der Waals surface area contributed by atoms with Crippen LogP contribution in [-0.2, 0) is 0 Å². The molecule has 0 aromatic heterocycles. The summed E-state index contributed by atoms with van der Waals surface area (Å²) in [7, 11) is 0. The van der Waals surface area contributed by atoms with Gasteiger partial charge in [-0.05, 0) is 41.7 Å². The molecule has 2 aromatic rings. The molecule has 0 bridgehead atoms. The fourth-order valence-corrected chi connectivity index (χ4v) is 2.26. The van der Waals surface area contributed by atoms with Crippen molar-refractivity contribution in [3.63, 3.8) is 0 Å². The Balaban J connectivity index is 0.00000162. The van der Waals surface area contributed by atoms with Gasteiger partial charge in [-0.3, -0.25) is 0 Å². The first-order chi connectivity index (χ1) is 8.24. The lowest BCUT2D eigenvalue weighted by Crippen LogP contribution is -2.11. The smallest absolute Gasteiger partial charge is 0.0431 e. The minimum atomic E-state index is 0. The number of hydrogen-bond acceptors (Lipinski definition) is 2. The van der Waals surface area contributed by atoms with E-state index in [4.69, 9.17) is 10.8 Å². The Morgan fingerprint density at radius 2 is 1.78 bits per heavy atom. The van der Waals surface area contributed by atoms with E-state index in [9.17, 15) is 0 Å². The number of aliphatic hydroxyl groups is 1. The normalized spacial score (nSPS) is 12.2. The van der Waals surface area contributed by atoms with Crippen LogP contribution in [0.2, 0.25) is 0 Å². The van der Waals surface area contributed by atoms with Crippen molar-refractivity contribution in [3.8, 4) is 0 Å². The first-order valence-electron chi connectivity index (χ1n) is 6.08. The molecular formula is C15H20ClNO. The second-order valence-electron chi connectivity index (χ2n) is 4.49. The van der Waals surface area contributed by atoms with Gasteiger partial charge in [-0.25, -0.2) is 0 Å². The summed E-state index contributed by atoms with van der Waals surface area (Å²) in [6.45, 7) is 2.32. The van der Waals surface area contributed by atoms with Crippen LogP contribution in [0.15, 0.2) is 36.4 Å². The second-order valence-corrected chi connectivity index (χ2v) is 4.49. The Labute approximate surface area is 114 Å².